The lowest BCUT2D eigenvalue weighted by Crippen LogP contribution is -2.34. The number of piperidine rings is 1. The molecule has 7 heteroatoms. The Balaban J connectivity index is 1.54. The fourth-order valence-corrected chi connectivity index (χ4v) is 3.13. The third-order valence-electron chi connectivity index (χ3n) is 4.39. The highest BCUT2D eigenvalue weighted by molar-refractivity contribution is 5.40. The summed E-state index contributed by atoms with van der Waals surface area (Å²) in [4.78, 5) is 10.9. The zero-order valence-electron chi connectivity index (χ0n) is 13.3. The molecule has 0 atom stereocenters. The maximum atomic E-state index is 4.56. The van der Waals surface area contributed by atoms with E-state index in [0.717, 1.165) is 54.6 Å². The van der Waals surface area contributed by atoms with Crippen LogP contribution in [-0.2, 0) is 0 Å². The first kappa shape index (κ1) is 14.0. The lowest BCUT2D eigenvalue weighted by Gasteiger charge is -2.31. The SMILES string of the molecule is Cc1cc(N2CCC(c3nnc4ccc(C)nn34)CC2)ncn1. The summed E-state index contributed by atoms with van der Waals surface area (Å²) >= 11 is 0. The van der Waals surface area contributed by atoms with Crippen molar-refractivity contribution in [2.45, 2.75) is 32.6 Å². The number of hydrogen-bond donors (Lipinski definition) is 0. The van der Waals surface area contributed by atoms with Gasteiger partial charge in [-0.05, 0) is 38.8 Å². The second-order valence-electron chi connectivity index (χ2n) is 6.08. The molecular formula is C16H19N7. The van der Waals surface area contributed by atoms with Crippen LogP contribution in [0.3, 0.4) is 0 Å². The van der Waals surface area contributed by atoms with Crippen molar-refractivity contribution in [2.24, 2.45) is 0 Å². The second kappa shape index (κ2) is 5.57. The summed E-state index contributed by atoms with van der Waals surface area (Å²) in [6.45, 7) is 5.90. The molecule has 1 saturated heterocycles. The van der Waals surface area contributed by atoms with Crippen LogP contribution in [0.25, 0.3) is 5.65 Å². The minimum absolute atomic E-state index is 0.387. The Morgan fingerprint density at radius 1 is 1.00 bits per heavy atom. The van der Waals surface area contributed by atoms with Crippen LogP contribution in [0.4, 0.5) is 5.82 Å². The number of aromatic nitrogens is 6. The minimum Gasteiger partial charge on any atom is -0.356 e. The van der Waals surface area contributed by atoms with E-state index in [1.807, 2.05) is 36.6 Å². The van der Waals surface area contributed by atoms with Crippen molar-refractivity contribution in [2.75, 3.05) is 18.0 Å². The number of anilines is 1. The molecule has 23 heavy (non-hydrogen) atoms. The van der Waals surface area contributed by atoms with E-state index < -0.39 is 0 Å². The first-order chi connectivity index (χ1) is 11.2. The molecule has 3 aromatic rings. The quantitative estimate of drug-likeness (QED) is 0.720. The Labute approximate surface area is 134 Å². The zero-order valence-corrected chi connectivity index (χ0v) is 13.3. The van der Waals surface area contributed by atoms with Crippen molar-refractivity contribution in [3.8, 4) is 0 Å². The third-order valence-corrected chi connectivity index (χ3v) is 4.39. The van der Waals surface area contributed by atoms with E-state index in [9.17, 15) is 0 Å². The van der Waals surface area contributed by atoms with Crippen LogP contribution in [0.15, 0.2) is 24.5 Å². The highest BCUT2D eigenvalue weighted by Crippen LogP contribution is 2.28. The van der Waals surface area contributed by atoms with Crippen molar-refractivity contribution >= 4 is 11.5 Å². The molecule has 0 bridgehead atoms. The molecule has 1 aliphatic heterocycles. The van der Waals surface area contributed by atoms with Gasteiger partial charge >= 0.3 is 0 Å². The Kier molecular flexibility index (Phi) is 3.40. The molecular weight excluding hydrogens is 290 g/mol. The Morgan fingerprint density at radius 2 is 1.83 bits per heavy atom. The number of hydrogen-bond acceptors (Lipinski definition) is 6. The molecule has 0 amide bonds. The van der Waals surface area contributed by atoms with Crippen molar-refractivity contribution in [1.29, 1.82) is 0 Å². The zero-order chi connectivity index (χ0) is 15.8. The Bertz CT molecular complexity index is 833. The molecule has 3 aromatic heterocycles. The van der Waals surface area contributed by atoms with E-state index in [1.54, 1.807) is 6.33 Å². The number of aryl methyl sites for hydroxylation is 2. The Hall–Kier alpha value is -2.57. The standard InChI is InChI=1S/C16H19N7/c1-11-3-4-14-19-20-16(23(14)21-11)13-5-7-22(8-6-13)15-9-12(2)17-10-18-15/h3-4,9-10,13H,5-8H2,1-2H3. The number of rotatable bonds is 2. The molecule has 0 N–H and O–H groups in total. The summed E-state index contributed by atoms with van der Waals surface area (Å²) in [5, 5.41) is 13.2. The highest BCUT2D eigenvalue weighted by atomic mass is 15.4. The van der Waals surface area contributed by atoms with Gasteiger partial charge in [0.15, 0.2) is 11.5 Å². The van der Waals surface area contributed by atoms with Gasteiger partial charge in [0.25, 0.3) is 0 Å². The van der Waals surface area contributed by atoms with Gasteiger partial charge < -0.3 is 4.90 Å². The number of nitrogens with zero attached hydrogens (tertiary/aromatic N) is 7. The van der Waals surface area contributed by atoms with Crippen molar-refractivity contribution in [3.63, 3.8) is 0 Å². The molecule has 0 aromatic carbocycles. The van der Waals surface area contributed by atoms with Crippen LogP contribution in [0.1, 0.15) is 36.0 Å². The van der Waals surface area contributed by atoms with Crippen LogP contribution in [0.2, 0.25) is 0 Å². The van der Waals surface area contributed by atoms with E-state index >= 15 is 0 Å². The lowest BCUT2D eigenvalue weighted by atomic mass is 9.96. The summed E-state index contributed by atoms with van der Waals surface area (Å²) in [5.74, 6) is 2.37. The maximum Gasteiger partial charge on any atom is 0.177 e. The summed E-state index contributed by atoms with van der Waals surface area (Å²) < 4.78 is 1.89. The molecule has 1 aliphatic rings. The van der Waals surface area contributed by atoms with Gasteiger partial charge in [0, 0.05) is 30.8 Å². The van der Waals surface area contributed by atoms with Crippen LogP contribution < -0.4 is 4.90 Å². The van der Waals surface area contributed by atoms with Crippen molar-refractivity contribution < 1.29 is 0 Å². The summed E-state index contributed by atoms with van der Waals surface area (Å²) in [5.41, 5.74) is 2.80. The van der Waals surface area contributed by atoms with Gasteiger partial charge in [-0.25, -0.2) is 9.97 Å². The van der Waals surface area contributed by atoms with E-state index in [4.69, 9.17) is 0 Å². The predicted octanol–water partition coefficient (Wildman–Crippen LogP) is 1.92. The molecule has 0 radical (unpaired) electrons. The van der Waals surface area contributed by atoms with E-state index in [0.29, 0.717) is 5.92 Å². The molecule has 4 rings (SSSR count). The van der Waals surface area contributed by atoms with Crippen LogP contribution in [0.5, 0.6) is 0 Å². The fourth-order valence-electron chi connectivity index (χ4n) is 3.13. The average Bonchev–Trinajstić information content (AvgIpc) is 2.98. The maximum absolute atomic E-state index is 4.56. The summed E-state index contributed by atoms with van der Waals surface area (Å²) in [6.07, 6.45) is 3.69. The molecule has 4 heterocycles. The van der Waals surface area contributed by atoms with Gasteiger partial charge in [-0.15, -0.1) is 10.2 Å². The molecule has 0 aliphatic carbocycles. The Morgan fingerprint density at radius 3 is 2.61 bits per heavy atom. The van der Waals surface area contributed by atoms with Gasteiger partial charge in [-0.2, -0.15) is 9.61 Å². The molecule has 1 fully saturated rings. The third kappa shape index (κ3) is 2.62. The predicted molar refractivity (Wildman–Crippen MR) is 86.5 cm³/mol. The minimum atomic E-state index is 0.387. The summed E-state index contributed by atoms with van der Waals surface area (Å²) in [7, 11) is 0. The van der Waals surface area contributed by atoms with Crippen LogP contribution in [0, 0.1) is 13.8 Å². The number of fused-ring (bicyclic) bond motifs is 1. The largest absolute Gasteiger partial charge is 0.356 e. The van der Waals surface area contributed by atoms with Crippen molar-refractivity contribution in [3.05, 3.63) is 41.7 Å². The topological polar surface area (TPSA) is 72.1 Å². The molecule has 118 valence electrons. The van der Waals surface area contributed by atoms with E-state index in [-0.39, 0.29) is 0 Å². The smallest absolute Gasteiger partial charge is 0.177 e. The monoisotopic (exact) mass is 309 g/mol. The second-order valence-corrected chi connectivity index (χ2v) is 6.08. The average molecular weight is 309 g/mol. The van der Waals surface area contributed by atoms with Gasteiger partial charge in [-0.3, -0.25) is 0 Å². The summed E-state index contributed by atoms with van der Waals surface area (Å²) in [6, 6.07) is 5.98. The normalized spacial score (nSPS) is 16.2. The molecule has 0 spiro atoms. The first-order valence-corrected chi connectivity index (χ1v) is 7.93. The molecule has 0 unspecified atom stereocenters. The first-order valence-electron chi connectivity index (χ1n) is 7.93. The van der Waals surface area contributed by atoms with Gasteiger partial charge in [0.1, 0.15) is 12.1 Å². The van der Waals surface area contributed by atoms with Crippen LogP contribution >= 0.6 is 0 Å². The highest BCUT2D eigenvalue weighted by Gasteiger charge is 2.25. The molecule has 7 nitrogen and oxygen atoms in total. The fraction of sp³-hybridized carbons (Fsp3) is 0.438. The van der Waals surface area contributed by atoms with E-state index in [2.05, 4.69) is 30.2 Å². The van der Waals surface area contributed by atoms with Crippen LogP contribution in [-0.4, -0.2) is 42.9 Å². The molecule has 0 saturated carbocycles. The lowest BCUT2D eigenvalue weighted by molar-refractivity contribution is 0.474. The van der Waals surface area contributed by atoms with Gasteiger partial charge in [0.2, 0.25) is 0 Å². The van der Waals surface area contributed by atoms with Crippen molar-refractivity contribution in [1.82, 2.24) is 29.8 Å². The van der Waals surface area contributed by atoms with Gasteiger partial charge in [0.05, 0.1) is 5.69 Å². The van der Waals surface area contributed by atoms with Gasteiger partial charge in [-0.1, -0.05) is 0 Å². The van der Waals surface area contributed by atoms with E-state index in [1.165, 1.54) is 0 Å².